The predicted octanol–water partition coefficient (Wildman–Crippen LogP) is 3.59. The molecular weight excluding hydrogens is 273 g/mol. The number of rotatable bonds is 6. The summed E-state index contributed by atoms with van der Waals surface area (Å²) in [5, 5.41) is 4.36. The van der Waals surface area contributed by atoms with E-state index in [4.69, 9.17) is 0 Å². The molecule has 0 aliphatic carbocycles. The van der Waals surface area contributed by atoms with Gasteiger partial charge in [0.1, 0.15) is 5.82 Å². The predicted molar refractivity (Wildman–Crippen MR) is 82.7 cm³/mol. The first-order valence-corrected chi connectivity index (χ1v) is 7.56. The first-order valence-electron chi connectivity index (χ1n) is 6.75. The summed E-state index contributed by atoms with van der Waals surface area (Å²) in [6.07, 6.45) is 1.93. The van der Waals surface area contributed by atoms with Crippen molar-refractivity contribution in [1.29, 1.82) is 0 Å². The molecule has 2 rings (SSSR count). The summed E-state index contributed by atoms with van der Waals surface area (Å²) in [4.78, 5) is 7.78. The van der Waals surface area contributed by atoms with Gasteiger partial charge in [-0.15, -0.1) is 11.3 Å². The third-order valence-electron chi connectivity index (χ3n) is 3.11. The summed E-state index contributed by atoms with van der Waals surface area (Å²) in [6.45, 7) is 5.91. The molecule has 1 N–H and O–H groups in total. The van der Waals surface area contributed by atoms with Crippen LogP contribution in [-0.2, 0) is 6.54 Å². The molecule has 3 nitrogen and oxygen atoms in total. The molecule has 0 aliphatic rings. The van der Waals surface area contributed by atoms with Crippen LogP contribution >= 0.6 is 11.3 Å². The number of nitrogens with one attached hydrogen (secondary N) is 1. The van der Waals surface area contributed by atoms with E-state index in [1.165, 1.54) is 17.0 Å². The van der Waals surface area contributed by atoms with Crippen LogP contribution < -0.4 is 10.2 Å². The van der Waals surface area contributed by atoms with Gasteiger partial charge in [0, 0.05) is 30.7 Å². The summed E-state index contributed by atoms with van der Waals surface area (Å²) in [7, 11) is 2.00. The summed E-state index contributed by atoms with van der Waals surface area (Å²) in [5.74, 6) is -0.201. The summed E-state index contributed by atoms with van der Waals surface area (Å²) in [5.41, 5.74) is 1.07. The smallest absolute Gasteiger partial charge is 0.185 e. The number of benzene rings is 1. The van der Waals surface area contributed by atoms with Gasteiger partial charge in [0.2, 0.25) is 0 Å². The van der Waals surface area contributed by atoms with Gasteiger partial charge in [-0.1, -0.05) is 19.1 Å². The Morgan fingerprint density at radius 1 is 1.35 bits per heavy atom. The molecule has 0 radical (unpaired) electrons. The Kier molecular flexibility index (Phi) is 5.09. The summed E-state index contributed by atoms with van der Waals surface area (Å²) >= 11 is 1.69. The van der Waals surface area contributed by atoms with Crippen LogP contribution in [0.5, 0.6) is 0 Å². The van der Waals surface area contributed by atoms with E-state index < -0.39 is 0 Å². The molecule has 0 bridgehead atoms. The van der Waals surface area contributed by atoms with Gasteiger partial charge in [-0.05, 0) is 31.2 Å². The molecule has 0 spiro atoms. The topological polar surface area (TPSA) is 28.2 Å². The molecular formula is C15H20FN3S. The van der Waals surface area contributed by atoms with Gasteiger partial charge < -0.3 is 10.2 Å². The van der Waals surface area contributed by atoms with Crippen LogP contribution in [0.1, 0.15) is 30.3 Å². The van der Waals surface area contributed by atoms with Gasteiger partial charge in [-0.25, -0.2) is 9.37 Å². The lowest BCUT2D eigenvalue weighted by Crippen LogP contribution is -2.16. The van der Waals surface area contributed by atoms with Crippen LogP contribution in [0.2, 0.25) is 0 Å². The third kappa shape index (κ3) is 3.77. The molecule has 0 saturated carbocycles. The second kappa shape index (κ2) is 6.81. The van der Waals surface area contributed by atoms with Crippen molar-refractivity contribution in [2.24, 2.45) is 0 Å². The molecule has 0 fully saturated rings. The van der Waals surface area contributed by atoms with Crippen LogP contribution in [-0.4, -0.2) is 18.6 Å². The Morgan fingerprint density at radius 3 is 2.70 bits per heavy atom. The van der Waals surface area contributed by atoms with Gasteiger partial charge in [0.15, 0.2) is 5.13 Å². The van der Waals surface area contributed by atoms with Gasteiger partial charge in [0.05, 0.1) is 0 Å². The minimum atomic E-state index is -0.201. The fourth-order valence-electron chi connectivity index (χ4n) is 1.99. The Morgan fingerprint density at radius 2 is 2.05 bits per heavy atom. The normalized spacial score (nSPS) is 12.4. The van der Waals surface area contributed by atoms with E-state index in [-0.39, 0.29) is 5.82 Å². The van der Waals surface area contributed by atoms with Crippen LogP contribution in [0, 0.1) is 5.82 Å². The maximum atomic E-state index is 12.9. The highest BCUT2D eigenvalue weighted by atomic mass is 32.1. The minimum absolute atomic E-state index is 0.201. The van der Waals surface area contributed by atoms with Crippen molar-refractivity contribution in [2.75, 3.05) is 18.5 Å². The van der Waals surface area contributed by atoms with Crippen molar-refractivity contribution in [3.8, 4) is 0 Å². The standard InChI is InChI=1S/C15H20FN3S/c1-4-17-11(2)14-9-18-15(20-14)19(3)10-12-5-7-13(16)8-6-12/h5-9,11,17H,4,10H2,1-3H3. The van der Waals surface area contributed by atoms with Crippen molar-refractivity contribution >= 4 is 16.5 Å². The van der Waals surface area contributed by atoms with Crippen molar-refractivity contribution in [2.45, 2.75) is 26.4 Å². The quantitative estimate of drug-likeness (QED) is 0.882. The van der Waals surface area contributed by atoms with Crippen molar-refractivity contribution in [1.82, 2.24) is 10.3 Å². The Labute approximate surface area is 123 Å². The SMILES string of the molecule is CCNC(C)c1cnc(N(C)Cc2ccc(F)cc2)s1. The number of aromatic nitrogens is 1. The first kappa shape index (κ1) is 14.9. The summed E-state index contributed by atoms with van der Waals surface area (Å²) < 4.78 is 12.9. The average Bonchev–Trinajstić information content (AvgIpc) is 2.91. The maximum absolute atomic E-state index is 12.9. The molecule has 1 atom stereocenters. The van der Waals surface area contributed by atoms with E-state index in [0.717, 1.165) is 23.8 Å². The molecule has 1 aromatic carbocycles. The Bertz CT molecular complexity index is 538. The number of hydrogen-bond donors (Lipinski definition) is 1. The highest BCUT2D eigenvalue weighted by Crippen LogP contribution is 2.27. The zero-order valence-electron chi connectivity index (χ0n) is 12.1. The molecule has 0 aliphatic heterocycles. The fourth-order valence-corrected chi connectivity index (χ4v) is 2.89. The molecule has 5 heteroatoms. The van der Waals surface area contributed by atoms with Crippen molar-refractivity contribution in [3.05, 3.63) is 46.7 Å². The van der Waals surface area contributed by atoms with E-state index in [9.17, 15) is 4.39 Å². The third-order valence-corrected chi connectivity index (χ3v) is 4.40. The van der Waals surface area contributed by atoms with E-state index in [1.807, 2.05) is 25.4 Å². The number of halogens is 1. The largest absolute Gasteiger partial charge is 0.347 e. The van der Waals surface area contributed by atoms with E-state index >= 15 is 0 Å². The lowest BCUT2D eigenvalue weighted by molar-refractivity contribution is 0.606. The van der Waals surface area contributed by atoms with E-state index in [1.54, 1.807) is 11.3 Å². The van der Waals surface area contributed by atoms with Crippen LogP contribution in [0.15, 0.2) is 30.5 Å². The van der Waals surface area contributed by atoms with Gasteiger partial charge in [-0.2, -0.15) is 0 Å². The zero-order valence-corrected chi connectivity index (χ0v) is 12.9. The van der Waals surface area contributed by atoms with Crippen molar-refractivity contribution < 1.29 is 4.39 Å². The number of thiazole rings is 1. The van der Waals surface area contributed by atoms with Gasteiger partial charge in [-0.3, -0.25) is 0 Å². The maximum Gasteiger partial charge on any atom is 0.185 e. The molecule has 0 saturated heterocycles. The lowest BCUT2D eigenvalue weighted by atomic mass is 10.2. The molecule has 1 aromatic heterocycles. The molecule has 0 amide bonds. The number of anilines is 1. The fraction of sp³-hybridized carbons (Fsp3) is 0.400. The molecule has 2 aromatic rings. The van der Waals surface area contributed by atoms with Gasteiger partial charge in [0.25, 0.3) is 0 Å². The van der Waals surface area contributed by atoms with E-state index in [2.05, 4.69) is 29.0 Å². The van der Waals surface area contributed by atoms with Gasteiger partial charge >= 0.3 is 0 Å². The van der Waals surface area contributed by atoms with Crippen LogP contribution in [0.4, 0.5) is 9.52 Å². The molecule has 20 heavy (non-hydrogen) atoms. The zero-order chi connectivity index (χ0) is 14.5. The number of hydrogen-bond acceptors (Lipinski definition) is 4. The van der Waals surface area contributed by atoms with E-state index in [0.29, 0.717) is 6.04 Å². The Hall–Kier alpha value is -1.46. The van der Waals surface area contributed by atoms with Crippen LogP contribution in [0.25, 0.3) is 0 Å². The second-order valence-electron chi connectivity index (χ2n) is 4.81. The minimum Gasteiger partial charge on any atom is -0.347 e. The highest BCUT2D eigenvalue weighted by molar-refractivity contribution is 7.15. The molecule has 1 unspecified atom stereocenters. The highest BCUT2D eigenvalue weighted by Gasteiger charge is 2.11. The van der Waals surface area contributed by atoms with Crippen LogP contribution in [0.3, 0.4) is 0 Å². The monoisotopic (exact) mass is 293 g/mol. The molecule has 108 valence electrons. The lowest BCUT2D eigenvalue weighted by Gasteiger charge is -2.16. The number of nitrogens with zero attached hydrogens (tertiary/aromatic N) is 2. The first-order chi connectivity index (χ1) is 9.60. The second-order valence-corrected chi connectivity index (χ2v) is 5.85. The Balaban J connectivity index is 2.02. The average molecular weight is 293 g/mol. The summed E-state index contributed by atoms with van der Waals surface area (Å²) in [6, 6.07) is 6.92. The molecule has 1 heterocycles. The van der Waals surface area contributed by atoms with Crippen molar-refractivity contribution in [3.63, 3.8) is 0 Å².